The minimum Gasteiger partial charge on any atom is -0.392 e. The maximum absolute atomic E-state index is 8.62. The van der Waals surface area contributed by atoms with E-state index in [1.54, 1.807) is 6.92 Å². The van der Waals surface area contributed by atoms with Gasteiger partial charge in [0, 0.05) is 6.54 Å². The molecule has 0 aliphatic rings. The number of hydrogen-bond donors (Lipinski definition) is 2. The van der Waals surface area contributed by atoms with Gasteiger partial charge < -0.3 is 10.4 Å². The molecule has 52 valence electrons. The summed E-state index contributed by atoms with van der Waals surface area (Å²) in [5, 5.41) is 11.6. The molecule has 2 nitrogen and oxygen atoms in total. The minimum absolute atomic E-state index is 0. The van der Waals surface area contributed by atoms with Gasteiger partial charge in [0.25, 0.3) is 0 Å². The van der Waals surface area contributed by atoms with Crippen molar-refractivity contribution in [3.05, 3.63) is 0 Å². The molecule has 0 saturated carbocycles. The first-order valence-corrected chi connectivity index (χ1v) is 2.66. The van der Waals surface area contributed by atoms with Crippen LogP contribution in [0.2, 0.25) is 0 Å². The first kappa shape index (κ1) is 11.1. The van der Waals surface area contributed by atoms with Gasteiger partial charge in [-0.05, 0) is 13.5 Å². The Bertz CT molecular complexity index is 41.4. The van der Waals surface area contributed by atoms with Gasteiger partial charge in [-0.3, -0.25) is 0 Å². The first-order valence-electron chi connectivity index (χ1n) is 2.66. The van der Waals surface area contributed by atoms with Gasteiger partial charge in [-0.1, -0.05) is 6.92 Å². The number of likely N-dealkylation sites (N-methyl/N-ethyl adjacent to an activating group) is 1. The van der Waals surface area contributed by atoms with Gasteiger partial charge in [-0.15, -0.1) is 12.4 Å². The molecular weight excluding hydrogens is 126 g/mol. The fraction of sp³-hybridized carbons (Fsp3) is 1.00. The van der Waals surface area contributed by atoms with Crippen LogP contribution in [0.1, 0.15) is 13.8 Å². The van der Waals surface area contributed by atoms with Gasteiger partial charge >= 0.3 is 0 Å². The first-order chi connectivity index (χ1) is 3.27. The molecule has 0 bridgehead atoms. The molecule has 0 aromatic heterocycles. The fourth-order valence-electron chi connectivity index (χ4n) is 0.353. The maximum atomic E-state index is 8.62. The van der Waals surface area contributed by atoms with Crippen LogP contribution in [0.4, 0.5) is 0 Å². The van der Waals surface area contributed by atoms with Crippen molar-refractivity contribution in [1.29, 1.82) is 0 Å². The molecule has 0 aliphatic carbocycles. The molecule has 0 saturated heterocycles. The average Bonchev–Trinajstić information content (AvgIpc) is 1.61. The maximum Gasteiger partial charge on any atom is 0.0636 e. The van der Waals surface area contributed by atoms with Crippen molar-refractivity contribution in [3.63, 3.8) is 0 Å². The topological polar surface area (TPSA) is 32.3 Å². The quantitative estimate of drug-likeness (QED) is 0.594. The fourth-order valence-corrected chi connectivity index (χ4v) is 0.353. The number of aliphatic hydroxyl groups excluding tert-OH is 1. The van der Waals surface area contributed by atoms with Crippen LogP contribution >= 0.6 is 12.4 Å². The molecule has 0 aliphatic heterocycles. The highest BCUT2D eigenvalue weighted by molar-refractivity contribution is 5.85. The zero-order chi connectivity index (χ0) is 5.70. The van der Waals surface area contributed by atoms with E-state index in [1.165, 1.54) is 0 Å². The van der Waals surface area contributed by atoms with Crippen molar-refractivity contribution in [2.45, 2.75) is 20.0 Å². The van der Waals surface area contributed by atoms with Crippen molar-refractivity contribution in [3.8, 4) is 0 Å². The number of nitrogens with one attached hydrogen (secondary N) is 1. The van der Waals surface area contributed by atoms with E-state index in [2.05, 4.69) is 5.32 Å². The lowest BCUT2D eigenvalue weighted by atomic mass is 10.4. The van der Waals surface area contributed by atoms with Gasteiger partial charge in [-0.25, -0.2) is 0 Å². The summed E-state index contributed by atoms with van der Waals surface area (Å²) >= 11 is 0. The predicted octanol–water partition coefficient (Wildman–Crippen LogP) is 0.398. The van der Waals surface area contributed by atoms with Crippen molar-refractivity contribution in [2.24, 2.45) is 0 Å². The Labute approximate surface area is 56.7 Å². The van der Waals surface area contributed by atoms with Crippen molar-refractivity contribution >= 4 is 12.4 Å². The summed E-state index contributed by atoms with van der Waals surface area (Å²) in [6, 6.07) is 0. The second-order valence-electron chi connectivity index (χ2n) is 1.66. The molecule has 0 heterocycles. The number of hydrogen-bond acceptors (Lipinski definition) is 2. The van der Waals surface area contributed by atoms with E-state index in [1.807, 2.05) is 6.92 Å². The summed E-state index contributed by atoms with van der Waals surface area (Å²) in [4.78, 5) is 0. The SMILES string of the molecule is CCNC[C@@H](C)O.Cl. The Balaban J connectivity index is 0. The molecule has 0 fully saturated rings. The molecule has 0 aromatic rings. The third-order valence-corrected chi connectivity index (χ3v) is 0.690. The van der Waals surface area contributed by atoms with Crippen molar-refractivity contribution in [1.82, 2.24) is 5.32 Å². The summed E-state index contributed by atoms with van der Waals surface area (Å²) < 4.78 is 0. The third-order valence-electron chi connectivity index (χ3n) is 0.690. The molecular formula is C5H14ClNO. The van der Waals surface area contributed by atoms with Crippen molar-refractivity contribution in [2.75, 3.05) is 13.1 Å². The normalized spacial score (nSPS) is 12.4. The monoisotopic (exact) mass is 139 g/mol. The molecule has 0 rings (SSSR count). The molecule has 0 amide bonds. The lowest BCUT2D eigenvalue weighted by Gasteiger charge is -2.01. The van der Waals surface area contributed by atoms with Gasteiger partial charge in [0.2, 0.25) is 0 Å². The van der Waals surface area contributed by atoms with E-state index in [4.69, 9.17) is 5.11 Å². The molecule has 8 heavy (non-hydrogen) atoms. The average molecular weight is 140 g/mol. The molecule has 0 unspecified atom stereocenters. The van der Waals surface area contributed by atoms with Crippen molar-refractivity contribution < 1.29 is 5.11 Å². The molecule has 0 radical (unpaired) electrons. The van der Waals surface area contributed by atoms with Crippen LogP contribution < -0.4 is 5.32 Å². The van der Waals surface area contributed by atoms with Gasteiger partial charge in [0.15, 0.2) is 0 Å². The van der Waals surface area contributed by atoms with E-state index in [0.717, 1.165) is 6.54 Å². The number of rotatable bonds is 3. The summed E-state index contributed by atoms with van der Waals surface area (Å²) in [7, 11) is 0. The van der Waals surface area contributed by atoms with E-state index in [-0.39, 0.29) is 18.5 Å². The second-order valence-corrected chi connectivity index (χ2v) is 1.66. The van der Waals surface area contributed by atoms with Gasteiger partial charge in [-0.2, -0.15) is 0 Å². The molecule has 0 aromatic carbocycles. The lowest BCUT2D eigenvalue weighted by molar-refractivity contribution is 0.192. The minimum atomic E-state index is -0.208. The highest BCUT2D eigenvalue weighted by atomic mass is 35.5. The molecule has 1 atom stereocenters. The van der Waals surface area contributed by atoms with Gasteiger partial charge in [0.05, 0.1) is 6.10 Å². The lowest BCUT2D eigenvalue weighted by Crippen LogP contribution is -2.23. The van der Waals surface area contributed by atoms with Crippen LogP contribution in [0, 0.1) is 0 Å². The highest BCUT2D eigenvalue weighted by Crippen LogP contribution is 1.71. The standard InChI is InChI=1S/C5H13NO.ClH/c1-3-6-4-5(2)7;/h5-7H,3-4H2,1-2H3;1H/t5-;/m1./s1. The summed E-state index contributed by atoms with van der Waals surface area (Å²) in [6.45, 7) is 5.42. The Kier molecular flexibility index (Phi) is 9.97. The van der Waals surface area contributed by atoms with E-state index < -0.39 is 0 Å². The smallest absolute Gasteiger partial charge is 0.0636 e. The highest BCUT2D eigenvalue weighted by Gasteiger charge is 1.88. The largest absolute Gasteiger partial charge is 0.392 e. The Morgan fingerprint density at radius 2 is 2.12 bits per heavy atom. The van der Waals surface area contributed by atoms with E-state index in [0.29, 0.717) is 6.54 Å². The van der Waals surface area contributed by atoms with Crippen LogP contribution in [-0.2, 0) is 0 Å². The third kappa shape index (κ3) is 9.51. The molecule has 3 heteroatoms. The zero-order valence-electron chi connectivity index (χ0n) is 5.35. The van der Waals surface area contributed by atoms with E-state index >= 15 is 0 Å². The summed E-state index contributed by atoms with van der Waals surface area (Å²) in [5.74, 6) is 0. The van der Waals surface area contributed by atoms with Gasteiger partial charge in [0.1, 0.15) is 0 Å². The Morgan fingerprint density at radius 3 is 2.25 bits per heavy atom. The van der Waals surface area contributed by atoms with Crippen LogP contribution in [0.25, 0.3) is 0 Å². The Hall–Kier alpha value is 0.210. The second kappa shape index (κ2) is 7.21. The zero-order valence-corrected chi connectivity index (χ0v) is 6.16. The van der Waals surface area contributed by atoms with Crippen LogP contribution in [-0.4, -0.2) is 24.3 Å². The summed E-state index contributed by atoms with van der Waals surface area (Å²) in [5.41, 5.74) is 0. The predicted molar refractivity (Wildman–Crippen MR) is 37.5 cm³/mol. The summed E-state index contributed by atoms with van der Waals surface area (Å²) in [6.07, 6.45) is -0.208. The van der Waals surface area contributed by atoms with E-state index in [9.17, 15) is 0 Å². The number of aliphatic hydroxyl groups is 1. The van der Waals surface area contributed by atoms with Crippen LogP contribution in [0.15, 0.2) is 0 Å². The molecule has 2 N–H and O–H groups in total. The molecule has 0 spiro atoms. The number of halogens is 1. The Morgan fingerprint density at radius 1 is 1.62 bits per heavy atom. The van der Waals surface area contributed by atoms with Crippen LogP contribution in [0.3, 0.4) is 0 Å². The van der Waals surface area contributed by atoms with Crippen LogP contribution in [0.5, 0.6) is 0 Å².